The maximum atomic E-state index is 13.1. The molecule has 0 saturated carbocycles. The molecule has 0 radical (unpaired) electrons. The van der Waals surface area contributed by atoms with Crippen molar-refractivity contribution in [2.75, 3.05) is 5.32 Å². The van der Waals surface area contributed by atoms with E-state index in [0.29, 0.717) is 16.9 Å². The van der Waals surface area contributed by atoms with Crippen LogP contribution >= 0.6 is 11.3 Å². The highest BCUT2D eigenvalue weighted by Gasteiger charge is 2.26. The zero-order valence-corrected chi connectivity index (χ0v) is 21.3. The van der Waals surface area contributed by atoms with E-state index in [-0.39, 0.29) is 16.0 Å². The molecule has 178 valence electrons. The van der Waals surface area contributed by atoms with Gasteiger partial charge in [-0.05, 0) is 54.8 Å². The molecule has 0 aliphatic heterocycles. The van der Waals surface area contributed by atoms with Gasteiger partial charge in [-0.25, -0.2) is 18.8 Å². The quantitative estimate of drug-likeness (QED) is 0.432. The first-order valence-corrected chi connectivity index (χ1v) is 13.1. The number of carbonyl (C=O) groups is 1. The Hall–Kier alpha value is -2.53. The second-order valence-electron chi connectivity index (χ2n) is 9.01. The summed E-state index contributed by atoms with van der Waals surface area (Å²) in [5, 5.41) is 25.3. The molecule has 0 saturated heterocycles. The molecule has 2 heterocycles. The average Bonchev–Trinajstić information content (AvgIpc) is 3.34. The number of urea groups is 1. The zero-order chi connectivity index (χ0) is 24.6. The van der Waals surface area contributed by atoms with Crippen molar-refractivity contribution in [2.45, 2.75) is 63.2 Å². The van der Waals surface area contributed by atoms with Crippen molar-refractivity contribution in [2.24, 2.45) is 9.50 Å². The molecular formula is C23H31N5O3S2. The third-order valence-corrected chi connectivity index (χ3v) is 7.92. The highest BCUT2D eigenvalue weighted by molar-refractivity contribution is 7.93. The van der Waals surface area contributed by atoms with Crippen molar-refractivity contribution in [3.8, 4) is 5.69 Å². The molecule has 0 aliphatic rings. The van der Waals surface area contributed by atoms with Gasteiger partial charge in [0.2, 0.25) is 0 Å². The number of nitrogens with zero attached hydrogens (tertiary/aromatic N) is 3. The van der Waals surface area contributed by atoms with Gasteiger partial charge in [-0.2, -0.15) is 5.10 Å². The molecule has 8 nitrogen and oxygen atoms in total. The van der Waals surface area contributed by atoms with Crippen molar-refractivity contribution >= 4 is 33.0 Å². The minimum atomic E-state index is -3.49. The summed E-state index contributed by atoms with van der Waals surface area (Å²) in [5.74, 6) is 0.0611. The monoisotopic (exact) mass is 489 g/mol. The Balaban J connectivity index is 2.03. The standard InChI is InChI=1S/C23H31N5O3S2/c1-14(2)19-20(21(15(3)4)28(26-19)17-10-8-7-9-11-17)25-22(29)27-33(24,31)18-12-16(13-32-18)23(5,6)30/h7-15,30H,1-6H3,(H3,24,25,27,29,31). The molecule has 1 atom stereocenters. The number of para-hydroxylation sites is 1. The number of anilines is 1. The third kappa shape index (κ3) is 5.52. The topological polar surface area (TPSA) is 123 Å². The SMILES string of the molecule is CC(C)c1nn(-c2ccccc2)c(C(C)C)c1NC(=O)N=S(N)(=O)c1cc(C(C)(C)O)cs1. The maximum absolute atomic E-state index is 13.1. The van der Waals surface area contributed by atoms with Gasteiger partial charge < -0.3 is 10.4 Å². The number of benzene rings is 1. The number of carbonyl (C=O) groups excluding carboxylic acids is 1. The van der Waals surface area contributed by atoms with Gasteiger partial charge in [0.25, 0.3) is 0 Å². The minimum absolute atomic E-state index is 0.0247. The van der Waals surface area contributed by atoms with Gasteiger partial charge in [-0.3, -0.25) is 0 Å². The van der Waals surface area contributed by atoms with Gasteiger partial charge >= 0.3 is 6.03 Å². The zero-order valence-electron chi connectivity index (χ0n) is 19.7. The minimum Gasteiger partial charge on any atom is -0.386 e. The second kappa shape index (κ2) is 9.38. The number of amides is 2. The Bertz CT molecular complexity index is 1260. The molecule has 2 aromatic heterocycles. The van der Waals surface area contributed by atoms with Crippen molar-refractivity contribution in [3.05, 3.63) is 58.7 Å². The number of aliphatic hydroxyl groups is 1. The molecule has 2 amide bonds. The lowest BCUT2D eigenvalue weighted by Crippen LogP contribution is -2.18. The Morgan fingerprint density at radius 1 is 1.21 bits per heavy atom. The van der Waals surface area contributed by atoms with Gasteiger partial charge in [0.05, 0.1) is 28.4 Å². The Morgan fingerprint density at radius 3 is 2.36 bits per heavy atom. The maximum Gasteiger partial charge on any atom is 0.355 e. The van der Waals surface area contributed by atoms with Crippen molar-refractivity contribution in [1.82, 2.24) is 9.78 Å². The predicted molar refractivity (Wildman–Crippen MR) is 133 cm³/mol. The highest BCUT2D eigenvalue weighted by Crippen LogP contribution is 2.34. The van der Waals surface area contributed by atoms with Crippen LogP contribution in [0.5, 0.6) is 0 Å². The van der Waals surface area contributed by atoms with Crippen LogP contribution in [-0.2, 0) is 15.5 Å². The van der Waals surface area contributed by atoms with Gasteiger partial charge in [-0.1, -0.05) is 45.9 Å². The van der Waals surface area contributed by atoms with Crippen LogP contribution in [0.3, 0.4) is 0 Å². The van der Waals surface area contributed by atoms with Crippen LogP contribution in [0.15, 0.2) is 50.4 Å². The van der Waals surface area contributed by atoms with E-state index in [9.17, 15) is 14.1 Å². The second-order valence-corrected chi connectivity index (χ2v) is 11.9. The van der Waals surface area contributed by atoms with Gasteiger partial charge in [0.1, 0.15) is 4.21 Å². The lowest BCUT2D eigenvalue weighted by molar-refractivity contribution is 0.0789. The van der Waals surface area contributed by atoms with Gasteiger partial charge in [-0.15, -0.1) is 15.7 Å². The Labute approximate surface area is 199 Å². The number of hydrogen-bond donors (Lipinski definition) is 3. The van der Waals surface area contributed by atoms with Crippen LogP contribution in [0.4, 0.5) is 10.5 Å². The van der Waals surface area contributed by atoms with Crippen LogP contribution in [0.2, 0.25) is 0 Å². The summed E-state index contributed by atoms with van der Waals surface area (Å²) in [6, 6.07) is 10.4. The lowest BCUT2D eigenvalue weighted by Gasteiger charge is -2.14. The molecule has 4 N–H and O–H groups in total. The number of nitrogens with one attached hydrogen (secondary N) is 1. The summed E-state index contributed by atoms with van der Waals surface area (Å²) in [7, 11) is -3.49. The van der Waals surface area contributed by atoms with Gasteiger partial charge in [0, 0.05) is 0 Å². The van der Waals surface area contributed by atoms with Gasteiger partial charge in [0.15, 0.2) is 9.92 Å². The van der Waals surface area contributed by atoms with Crippen LogP contribution in [0.1, 0.15) is 70.3 Å². The van der Waals surface area contributed by atoms with Crippen LogP contribution in [0, 0.1) is 0 Å². The molecule has 33 heavy (non-hydrogen) atoms. The fourth-order valence-electron chi connectivity index (χ4n) is 3.37. The smallest absolute Gasteiger partial charge is 0.355 e. The molecule has 3 rings (SSSR count). The van der Waals surface area contributed by atoms with E-state index in [4.69, 9.17) is 10.2 Å². The fourth-order valence-corrected chi connectivity index (χ4v) is 5.65. The molecule has 3 aromatic rings. The van der Waals surface area contributed by atoms with E-state index in [0.717, 1.165) is 22.7 Å². The number of hydrogen-bond acceptors (Lipinski definition) is 5. The number of thiophene rings is 1. The molecule has 0 aliphatic carbocycles. The summed E-state index contributed by atoms with van der Waals surface area (Å²) >= 11 is 1.10. The van der Waals surface area contributed by atoms with Crippen molar-refractivity contribution < 1.29 is 14.1 Å². The van der Waals surface area contributed by atoms with Crippen molar-refractivity contribution in [1.29, 1.82) is 0 Å². The highest BCUT2D eigenvalue weighted by atomic mass is 32.2. The summed E-state index contributed by atoms with van der Waals surface area (Å²) in [5.41, 5.74) is 2.39. The molecule has 10 heteroatoms. The molecular weight excluding hydrogens is 458 g/mol. The Kier molecular flexibility index (Phi) is 7.13. The summed E-state index contributed by atoms with van der Waals surface area (Å²) < 4.78 is 18.9. The van der Waals surface area contributed by atoms with Crippen LogP contribution < -0.4 is 10.5 Å². The normalized spacial score (nSPS) is 13.9. The predicted octanol–water partition coefficient (Wildman–Crippen LogP) is 5.34. The number of nitrogens with two attached hydrogens (primary N) is 1. The first-order valence-electron chi connectivity index (χ1n) is 10.7. The molecule has 0 fully saturated rings. The van der Waals surface area contributed by atoms with E-state index in [1.165, 1.54) is 6.07 Å². The summed E-state index contributed by atoms with van der Waals surface area (Å²) in [6.07, 6.45) is 0. The number of aromatic nitrogens is 2. The van der Waals surface area contributed by atoms with E-state index in [2.05, 4.69) is 9.68 Å². The van der Waals surface area contributed by atoms with E-state index in [1.54, 1.807) is 19.2 Å². The Morgan fingerprint density at radius 2 is 1.85 bits per heavy atom. The van der Waals surface area contributed by atoms with Crippen molar-refractivity contribution in [3.63, 3.8) is 0 Å². The third-order valence-electron chi connectivity index (χ3n) is 5.06. The first kappa shape index (κ1) is 25.1. The molecule has 1 unspecified atom stereocenters. The molecule has 0 spiro atoms. The summed E-state index contributed by atoms with van der Waals surface area (Å²) in [4.78, 5) is 12.9. The van der Waals surface area contributed by atoms with Crippen LogP contribution in [-0.4, -0.2) is 25.1 Å². The fraction of sp³-hybridized carbons (Fsp3) is 0.391. The largest absolute Gasteiger partial charge is 0.386 e. The average molecular weight is 490 g/mol. The first-order chi connectivity index (χ1) is 15.3. The summed E-state index contributed by atoms with van der Waals surface area (Å²) in [6.45, 7) is 11.3. The van der Waals surface area contributed by atoms with E-state index >= 15 is 0 Å². The molecule has 1 aromatic carbocycles. The molecule has 0 bridgehead atoms. The van der Waals surface area contributed by atoms with E-state index < -0.39 is 21.5 Å². The van der Waals surface area contributed by atoms with E-state index in [1.807, 2.05) is 62.7 Å². The van der Waals surface area contributed by atoms with Crippen LogP contribution in [0.25, 0.3) is 5.69 Å². The number of rotatable bonds is 6. The lowest BCUT2D eigenvalue weighted by atomic mass is 10.0.